The van der Waals surface area contributed by atoms with Gasteiger partial charge >= 0.3 is 6.18 Å². The van der Waals surface area contributed by atoms with Gasteiger partial charge in [0.2, 0.25) is 0 Å². The van der Waals surface area contributed by atoms with E-state index in [-0.39, 0.29) is 24.0 Å². The molecule has 0 bridgehead atoms. The van der Waals surface area contributed by atoms with E-state index in [2.05, 4.69) is 27.4 Å². The number of para-hydroxylation sites is 1. The third-order valence-electron chi connectivity index (χ3n) is 5.11. The van der Waals surface area contributed by atoms with Crippen LogP contribution in [0.3, 0.4) is 0 Å². The summed E-state index contributed by atoms with van der Waals surface area (Å²) in [6.45, 7) is 3.76. The van der Waals surface area contributed by atoms with Crippen LogP contribution in [0.5, 0.6) is 0 Å². The van der Waals surface area contributed by atoms with E-state index in [0.717, 1.165) is 23.6 Å². The Balaban J connectivity index is 0.00000280. The molecule has 1 unspecified atom stereocenters. The highest BCUT2D eigenvalue weighted by atomic mass is 127. The van der Waals surface area contributed by atoms with E-state index in [0.29, 0.717) is 32.7 Å². The van der Waals surface area contributed by atoms with Gasteiger partial charge in [-0.1, -0.05) is 18.2 Å². The molecule has 0 amide bonds. The Hall–Kier alpha value is -1.49. The number of aromatic nitrogens is 1. The lowest BCUT2D eigenvalue weighted by atomic mass is 10.2. The molecule has 1 saturated heterocycles. The van der Waals surface area contributed by atoms with Gasteiger partial charge in [0.15, 0.2) is 5.96 Å². The molecule has 2 heterocycles. The number of alkyl halides is 3. The van der Waals surface area contributed by atoms with Gasteiger partial charge in [-0.05, 0) is 24.4 Å². The van der Waals surface area contributed by atoms with Crippen molar-refractivity contribution in [3.63, 3.8) is 0 Å². The molecule has 2 N–H and O–H groups in total. The molecule has 1 aromatic carbocycles. The fourth-order valence-electron chi connectivity index (χ4n) is 3.44. The van der Waals surface area contributed by atoms with Crippen molar-refractivity contribution in [2.75, 3.05) is 39.8 Å². The maximum atomic E-state index is 12.9. The summed E-state index contributed by atoms with van der Waals surface area (Å²) in [6.07, 6.45) is -3.36. The van der Waals surface area contributed by atoms with Crippen LogP contribution < -0.4 is 5.32 Å². The number of nitrogens with one attached hydrogen (secondary N) is 2. The summed E-state index contributed by atoms with van der Waals surface area (Å²) in [5, 5.41) is 4.51. The standard InChI is InChI=1S/C19H26F3N5.HI/c1-14(19(20,21)22)26-9-11-27(12-10-26)18(23-2)24-8-7-16-13-15-5-3-4-6-17(15)25-16;/h3-6,13-14,25H,7-12H2,1-2H3,(H,23,24);1H. The van der Waals surface area contributed by atoms with Gasteiger partial charge < -0.3 is 15.2 Å². The van der Waals surface area contributed by atoms with Gasteiger partial charge in [-0.15, -0.1) is 24.0 Å². The zero-order valence-corrected chi connectivity index (χ0v) is 18.4. The van der Waals surface area contributed by atoms with Crippen LogP contribution in [0, 0.1) is 0 Å². The predicted octanol–water partition coefficient (Wildman–Crippen LogP) is 3.47. The quantitative estimate of drug-likeness (QED) is 0.377. The van der Waals surface area contributed by atoms with Crippen LogP contribution in [0.15, 0.2) is 35.3 Å². The molecule has 0 radical (unpaired) electrons. The van der Waals surface area contributed by atoms with Crippen LogP contribution in [0.4, 0.5) is 13.2 Å². The van der Waals surface area contributed by atoms with Crippen LogP contribution in [0.2, 0.25) is 0 Å². The molecule has 0 spiro atoms. The topological polar surface area (TPSA) is 46.7 Å². The number of hydrogen-bond donors (Lipinski definition) is 2. The average Bonchev–Trinajstić information content (AvgIpc) is 3.07. The molecular weight excluding hydrogens is 482 g/mol. The van der Waals surface area contributed by atoms with E-state index in [1.807, 2.05) is 23.1 Å². The fourth-order valence-corrected chi connectivity index (χ4v) is 3.44. The largest absolute Gasteiger partial charge is 0.403 e. The zero-order valence-electron chi connectivity index (χ0n) is 16.1. The first-order valence-corrected chi connectivity index (χ1v) is 9.21. The van der Waals surface area contributed by atoms with Crippen molar-refractivity contribution in [2.45, 2.75) is 25.6 Å². The van der Waals surface area contributed by atoms with Crippen molar-refractivity contribution in [3.05, 3.63) is 36.0 Å². The van der Waals surface area contributed by atoms with Crippen LogP contribution >= 0.6 is 24.0 Å². The number of rotatable bonds is 4. The molecule has 1 aliphatic heterocycles. The maximum absolute atomic E-state index is 12.9. The van der Waals surface area contributed by atoms with E-state index >= 15 is 0 Å². The minimum atomic E-state index is -4.18. The lowest BCUT2D eigenvalue weighted by Gasteiger charge is -2.39. The molecule has 0 saturated carbocycles. The van der Waals surface area contributed by atoms with E-state index in [1.54, 1.807) is 7.05 Å². The summed E-state index contributed by atoms with van der Waals surface area (Å²) in [5.74, 6) is 0.741. The summed E-state index contributed by atoms with van der Waals surface area (Å²) < 4.78 is 38.6. The number of H-pyrrole nitrogens is 1. The average molecular weight is 509 g/mol. The molecular formula is C19H27F3IN5. The Bertz CT molecular complexity index is 748. The molecule has 1 fully saturated rings. The number of halogens is 4. The molecule has 156 valence electrons. The van der Waals surface area contributed by atoms with Gasteiger partial charge in [-0.25, -0.2) is 0 Å². The summed E-state index contributed by atoms with van der Waals surface area (Å²) in [7, 11) is 1.70. The molecule has 1 atom stereocenters. The van der Waals surface area contributed by atoms with Crippen molar-refractivity contribution in [1.29, 1.82) is 0 Å². The first-order valence-electron chi connectivity index (χ1n) is 9.21. The Morgan fingerprint density at radius 2 is 1.89 bits per heavy atom. The van der Waals surface area contributed by atoms with Crippen molar-refractivity contribution in [1.82, 2.24) is 20.1 Å². The van der Waals surface area contributed by atoms with Crippen molar-refractivity contribution < 1.29 is 13.2 Å². The molecule has 0 aliphatic carbocycles. The van der Waals surface area contributed by atoms with Crippen molar-refractivity contribution in [2.24, 2.45) is 4.99 Å². The number of nitrogens with zero attached hydrogens (tertiary/aromatic N) is 3. The highest BCUT2D eigenvalue weighted by Crippen LogP contribution is 2.25. The highest BCUT2D eigenvalue weighted by Gasteiger charge is 2.41. The Morgan fingerprint density at radius 3 is 2.50 bits per heavy atom. The second-order valence-electron chi connectivity index (χ2n) is 6.85. The number of fused-ring (bicyclic) bond motifs is 1. The van der Waals surface area contributed by atoms with Gasteiger partial charge in [0.25, 0.3) is 0 Å². The first kappa shape index (κ1) is 22.8. The van der Waals surface area contributed by atoms with Crippen LogP contribution in [0.1, 0.15) is 12.6 Å². The lowest BCUT2D eigenvalue weighted by Crippen LogP contribution is -2.56. The number of guanidine groups is 1. The zero-order chi connectivity index (χ0) is 19.4. The molecule has 5 nitrogen and oxygen atoms in total. The Morgan fingerprint density at radius 1 is 1.21 bits per heavy atom. The van der Waals surface area contributed by atoms with Gasteiger partial charge in [-0.3, -0.25) is 9.89 Å². The number of aliphatic imine (C=N–C) groups is 1. The third-order valence-corrected chi connectivity index (χ3v) is 5.11. The number of aromatic amines is 1. The lowest BCUT2D eigenvalue weighted by molar-refractivity contribution is -0.181. The third kappa shape index (κ3) is 5.53. The molecule has 1 aliphatic rings. The predicted molar refractivity (Wildman–Crippen MR) is 117 cm³/mol. The molecule has 1 aromatic heterocycles. The minimum Gasteiger partial charge on any atom is -0.358 e. The number of benzene rings is 1. The minimum absolute atomic E-state index is 0. The number of hydrogen-bond acceptors (Lipinski definition) is 2. The SMILES string of the molecule is CN=C(NCCc1cc2ccccc2[nH]1)N1CCN(C(C)C(F)(F)F)CC1.I. The molecule has 3 rings (SSSR count). The van der Waals surface area contributed by atoms with Crippen LogP contribution in [-0.4, -0.2) is 72.7 Å². The van der Waals surface area contributed by atoms with Gasteiger partial charge in [0, 0.05) is 57.4 Å². The number of piperazine rings is 1. The van der Waals surface area contributed by atoms with E-state index < -0.39 is 12.2 Å². The van der Waals surface area contributed by atoms with Crippen LogP contribution in [-0.2, 0) is 6.42 Å². The summed E-state index contributed by atoms with van der Waals surface area (Å²) in [5.41, 5.74) is 2.26. The Kier molecular flexibility index (Phi) is 7.99. The van der Waals surface area contributed by atoms with E-state index in [1.165, 1.54) is 17.2 Å². The summed E-state index contributed by atoms with van der Waals surface area (Å²) in [4.78, 5) is 11.2. The normalized spacial score (nSPS) is 17.5. The maximum Gasteiger partial charge on any atom is 0.403 e. The highest BCUT2D eigenvalue weighted by molar-refractivity contribution is 14.0. The first-order chi connectivity index (χ1) is 12.9. The van der Waals surface area contributed by atoms with E-state index in [9.17, 15) is 13.2 Å². The van der Waals surface area contributed by atoms with E-state index in [4.69, 9.17) is 0 Å². The molecule has 9 heteroatoms. The molecule has 2 aromatic rings. The van der Waals surface area contributed by atoms with Gasteiger partial charge in [0.05, 0.1) is 0 Å². The van der Waals surface area contributed by atoms with Crippen LogP contribution in [0.25, 0.3) is 10.9 Å². The second kappa shape index (κ2) is 9.82. The van der Waals surface area contributed by atoms with Gasteiger partial charge in [0.1, 0.15) is 6.04 Å². The summed E-state index contributed by atoms with van der Waals surface area (Å²) >= 11 is 0. The second-order valence-corrected chi connectivity index (χ2v) is 6.85. The molecule has 28 heavy (non-hydrogen) atoms. The monoisotopic (exact) mass is 509 g/mol. The summed E-state index contributed by atoms with van der Waals surface area (Å²) in [6, 6.07) is 8.87. The van der Waals surface area contributed by atoms with Crippen molar-refractivity contribution in [3.8, 4) is 0 Å². The van der Waals surface area contributed by atoms with Crippen molar-refractivity contribution >= 4 is 40.8 Å². The smallest absolute Gasteiger partial charge is 0.358 e. The van der Waals surface area contributed by atoms with Gasteiger partial charge in [-0.2, -0.15) is 13.2 Å². The fraction of sp³-hybridized carbons (Fsp3) is 0.526. The Labute approximate surface area is 180 Å².